The number of hydrogen-bond acceptors (Lipinski definition) is 2. The molecule has 2 rings (SSSR count). The van der Waals surface area contributed by atoms with Crippen LogP contribution in [0.4, 0.5) is 0 Å². The van der Waals surface area contributed by atoms with Crippen molar-refractivity contribution in [1.82, 2.24) is 5.32 Å². The summed E-state index contributed by atoms with van der Waals surface area (Å²) in [6.45, 7) is 10.4. The monoisotopic (exact) mass is 375 g/mol. The maximum Gasteiger partial charge on any atom is 0.233 e. The molecule has 0 heterocycles. The Balaban J connectivity index is 2.08. The molecule has 0 bridgehead atoms. The van der Waals surface area contributed by atoms with Crippen molar-refractivity contribution in [3.8, 4) is 0 Å². The lowest BCUT2D eigenvalue weighted by molar-refractivity contribution is -0.121. The lowest BCUT2D eigenvalue weighted by Gasteiger charge is -2.21. The van der Waals surface area contributed by atoms with E-state index in [1.807, 2.05) is 31.2 Å². The molecular formula is C21H26ClNOS. The molecule has 0 radical (unpaired) electrons. The van der Waals surface area contributed by atoms with Crippen LogP contribution in [-0.2, 0) is 4.79 Å². The highest BCUT2D eigenvalue weighted by molar-refractivity contribution is 8.00. The molecule has 134 valence electrons. The molecule has 1 N–H and O–H groups in total. The van der Waals surface area contributed by atoms with Gasteiger partial charge in [-0.3, -0.25) is 4.79 Å². The lowest BCUT2D eigenvalue weighted by atomic mass is 9.96. The van der Waals surface area contributed by atoms with Gasteiger partial charge in [-0.15, -0.1) is 11.8 Å². The largest absolute Gasteiger partial charge is 0.349 e. The van der Waals surface area contributed by atoms with E-state index in [-0.39, 0.29) is 17.2 Å². The molecule has 0 aliphatic rings. The Morgan fingerprint density at radius 1 is 1.08 bits per heavy atom. The Bertz CT molecular complexity index is 742. The number of halogens is 1. The molecule has 4 heteroatoms. The van der Waals surface area contributed by atoms with Gasteiger partial charge in [-0.25, -0.2) is 0 Å². The van der Waals surface area contributed by atoms with Crippen molar-refractivity contribution in [2.45, 2.75) is 57.2 Å². The number of hydrogen-bond donors (Lipinski definition) is 1. The maximum absolute atomic E-state index is 12.7. The Kier molecular flexibility index (Phi) is 6.97. The van der Waals surface area contributed by atoms with Gasteiger partial charge < -0.3 is 5.32 Å². The minimum absolute atomic E-state index is 0.00771. The third-order valence-electron chi connectivity index (χ3n) is 4.46. The summed E-state index contributed by atoms with van der Waals surface area (Å²) in [7, 11) is 0. The summed E-state index contributed by atoms with van der Waals surface area (Å²) < 4.78 is 0. The smallest absolute Gasteiger partial charge is 0.233 e. The first kappa shape index (κ1) is 19.9. The van der Waals surface area contributed by atoms with Crippen LogP contribution in [0.1, 0.15) is 48.6 Å². The first-order valence-corrected chi connectivity index (χ1v) is 9.88. The lowest BCUT2D eigenvalue weighted by Crippen LogP contribution is -2.34. The summed E-state index contributed by atoms with van der Waals surface area (Å²) in [6, 6.07) is 12.0. The number of carbonyl (C=O) groups excluding carboxylic acids is 1. The number of benzene rings is 2. The van der Waals surface area contributed by atoms with E-state index >= 15 is 0 Å². The zero-order chi connectivity index (χ0) is 18.6. The van der Waals surface area contributed by atoms with Crippen LogP contribution in [0, 0.1) is 20.8 Å². The molecule has 0 aliphatic carbocycles. The molecule has 25 heavy (non-hydrogen) atoms. The van der Waals surface area contributed by atoms with Gasteiger partial charge >= 0.3 is 0 Å². The second kappa shape index (κ2) is 8.77. The summed E-state index contributed by atoms with van der Waals surface area (Å²) in [5, 5.41) is 3.77. The van der Waals surface area contributed by atoms with E-state index in [4.69, 9.17) is 11.6 Å². The Hall–Kier alpha value is -1.45. The van der Waals surface area contributed by atoms with Gasteiger partial charge in [-0.1, -0.05) is 30.7 Å². The minimum Gasteiger partial charge on any atom is -0.349 e. The molecule has 0 saturated heterocycles. The fourth-order valence-electron chi connectivity index (χ4n) is 2.83. The van der Waals surface area contributed by atoms with E-state index in [1.54, 1.807) is 11.8 Å². The number of aryl methyl sites for hydroxylation is 3. The second-order valence-electron chi connectivity index (χ2n) is 6.49. The van der Waals surface area contributed by atoms with E-state index in [1.165, 1.54) is 22.3 Å². The number of amides is 1. The quantitative estimate of drug-likeness (QED) is 0.626. The van der Waals surface area contributed by atoms with Gasteiger partial charge in [0.05, 0.1) is 11.3 Å². The van der Waals surface area contributed by atoms with Crippen molar-refractivity contribution in [3.05, 3.63) is 63.7 Å². The highest BCUT2D eigenvalue weighted by Gasteiger charge is 2.21. The molecule has 2 nitrogen and oxygen atoms in total. The zero-order valence-electron chi connectivity index (χ0n) is 15.5. The van der Waals surface area contributed by atoms with Gasteiger partial charge in [0.15, 0.2) is 0 Å². The fraction of sp³-hybridized carbons (Fsp3) is 0.381. The summed E-state index contributed by atoms with van der Waals surface area (Å²) in [4.78, 5) is 13.8. The number of thioether (sulfide) groups is 1. The van der Waals surface area contributed by atoms with Crippen LogP contribution in [0.25, 0.3) is 0 Å². The Labute approximate surface area is 160 Å². The molecule has 0 unspecified atom stereocenters. The van der Waals surface area contributed by atoms with Crippen molar-refractivity contribution in [2.24, 2.45) is 0 Å². The Morgan fingerprint density at radius 2 is 1.68 bits per heavy atom. The third kappa shape index (κ3) is 5.26. The predicted octanol–water partition coefficient (Wildman–Crippen LogP) is 6.01. The average molecular weight is 376 g/mol. The number of rotatable bonds is 6. The van der Waals surface area contributed by atoms with Crippen LogP contribution in [0.3, 0.4) is 0 Å². The highest BCUT2D eigenvalue weighted by Crippen LogP contribution is 2.28. The Morgan fingerprint density at radius 3 is 2.28 bits per heavy atom. The van der Waals surface area contributed by atoms with Crippen molar-refractivity contribution in [2.75, 3.05) is 0 Å². The fourth-order valence-corrected chi connectivity index (χ4v) is 3.92. The first-order chi connectivity index (χ1) is 11.8. The highest BCUT2D eigenvalue weighted by atomic mass is 35.5. The summed E-state index contributed by atoms with van der Waals surface area (Å²) >= 11 is 7.51. The number of nitrogens with one attached hydrogen (secondary N) is 1. The minimum atomic E-state index is -0.115. The van der Waals surface area contributed by atoms with Crippen LogP contribution in [-0.4, -0.2) is 11.2 Å². The summed E-state index contributed by atoms with van der Waals surface area (Å²) in [5.41, 5.74) is 4.94. The molecule has 2 aromatic carbocycles. The van der Waals surface area contributed by atoms with Crippen LogP contribution >= 0.6 is 23.4 Å². The molecule has 0 aliphatic heterocycles. The van der Waals surface area contributed by atoms with Crippen molar-refractivity contribution >= 4 is 29.3 Å². The molecule has 2 aromatic rings. The predicted molar refractivity (Wildman–Crippen MR) is 109 cm³/mol. The summed E-state index contributed by atoms with van der Waals surface area (Å²) in [6.07, 6.45) is 0.776. The molecule has 0 fully saturated rings. The van der Waals surface area contributed by atoms with Gasteiger partial charge in [0.25, 0.3) is 0 Å². The molecule has 1 amide bonds. The normalized spacial score (nSPS) is 13.4. The summed E-state index contributed by atoms with van der Waals surface area (Å²) in [5.74, 6) is 0.0765. The topological polar surface area (TPSA) is 29.1 Å². The van der Waals surface area contributed by atoms with E-state index in [9.17, 15) is 4.79 Å². The van der Waals surface area contributed by atoms with Gasteiger partial charge in [0, 0.05) is 9.92 Å². The van der Waals surface area contributed by atoms with Gasteiger partial charge in [-0.05, 0) is 80.6 Å². The van der Waals surface area contributed by atoms with E-state index in [0.29, 0.717) is 5.02 Å². The van der Waals surface area contributed by atoms with Crippen LogP contribution in [0.15, 0.2) is 41.3 Å². The standard InChI is InChI=1S/C21H26ClNOS/c1-6-20(25-18-9-7-17(22)8-10-18)21(24)23-16(5)19-12-14(3)13(2)11-15(19)4/h7-12,16,20H,6H2,1-5H3,(H,23,24)/t16-,20+/m0/s1. The second-order valence-corrected chi connectivity index (χ2v) is 8.20. The first-order valence-electron chi connectivity index (χ1n) is 8.62. The van der Waals surface area contributed by atoms with Crippen molar-refractivity contribution in [3.63, 3.8) is 0 Å². The van der Waals surface area contributed by atoms with E-state index in [0.717, 1.165) is 11.3 Å². The zero-order valence-corrected chi connectivity index (χ0v) is 17.1. The molecule has 0 spiro atoms. The van der Waals surface area contributed by atoms with E-state index in [2.05, 4.69) is 45.1 Å². The van der Waals surface area contributed by atoms with E-state index < -0.39 is 0 Å². The molecular weight excluding hydrogens is 350 g/mol. The van der Waals surface area contributed by atoms with Crippen LogP contribution in [0.2, 0.25) is 5.02 Å². The van der Waals surface area contributed by atoms with Crippen molar-refractivity contribution < 1.29 is 4.79 Å². The number of carbonyl (C=O) groups is 1. The maximum atomic E-state index is 12.7. The molecule has 0 aromatic heterocycles. The SMILES string of the molecule is CC[C@@H](Sc1ccc(Cl)cc1)C(=O)N[C@@H](C)c1cc(C)c(C)cc1C. The van der Waals surface area contributed by atoms with Crippen LogP contribution in [0.5, 0.6) is 0 Å². The average Bonchev–Trinajstić information content (AvgIpc) is 2.57. The third-order valence-corrected chi connectivity index (χ3v) is 6.09. The van der Waals surface area contributed by atoms with Crippen molar-refractivity contribution in [1.29, 1.82) is 0 Å². The van der Waals surface area contributed by atoms with Crippen LogP contribution < -0.4 is 5.32 Å². The van der Waals surface area contributed by atoms with Gasteiger partial charge in [0.1, 0.15) is 0 Å². The van der Waals surface area contributed by atoms with Gasteiger partial charge in [-0.2, -0.15) is 0 Å². The molecule has 2 atom stereocenters. The van der Waals surface area contributed by atoms with Gasteiger partial charge in [0.2, 0.25) is 5.91 Å². The molecule has 0 saturated carbocycles.